The van der Waals surface area contributed by atoms with Crippen molar-refractivity contribution in [2.45, 2.75) is 41.8 Å². The van der Waals surface area contributed by atoms with Gasteiger partial charge in [-0.2, -0.15) is 0 Å². The molecule has 0 aromatic heterocycles. The monoisotopic (exact) mass is 394 g/mol. The zero-order chi connectivity index (χ0) is 13.9. The first-order chi connectivity index (χ1) is 9.03. The van der Waals surface area contributed by atoms with Crippen LogP contribution in [-0.4, -0.2) is 51.0 Å². The highest BCUT2D eigenvalue weighted by atomic mass is 79.9. The third-order valence-electron chi connectivity index (χ3n) is 3.82. The third kappa shape index (κ3) is 3.51. The summed E-state index contributed by atoms with van der Waals surface area (Å²) in [5.74, 6) is -0.300. The van der Waals surface area contributed by atoms with Crippen LogP contribution in [0.5, 0.6) is 0 Å². The molecule has 0 aromatic rings. The van der Waals surface area contributed by atoms with Crippen LogP contribution in [0.3, 0.4) is 0 Å². The summed E-state index contributed by atoms with van der Waals surface area (Å²) < 4.78 is -1.27. The maximum Gasteiger partial charge on any atom is 0.260 e. The molecule has 2 aliphatic heterocycles. The molecular weight excluding hydrogens is 376 g/mol. The van der Waals surface area contributed by atoms with Crippen LogP contribution in [0.25, 0.3) is 0 Å². The van der Waals surface area contributed by atoms with Crippen LogP contribution in [0.1, 0.15) is 38.5 Å². The Morgan fingerprint density at radius 2 is 1.00 bits per heavy atom. The number of alkyl halides is 2. The molecule has 2 saturated heterocycles. The van der Waals surface area contributed by atoms with Crippen molar-refractivity contribution in [2.24, 2.45) is 0 Å². The Labute approximate surface area is 131 Å². The molecule has 2 fully saturated rings. The zero-order valence-electron chi connectivity index (χ0n) is 11.0. The SMILES string of the molecule is O=C(N1CCCCC1)C(Br)(Br)C(=O)N1CCCCC1. The van der Waals surface area contributed by atoms with E-state index in [0.29, 0.717) is 0 Å². The Bertz CT molecular complexity index is 317. The van der Waals surface area contributed by atoms with Gasteiger partial charge in [-0.25, -0.2) is 0 Å². The number of halogens is 2. The van der Waals surface area contributed by atoms with E-state index in [1.54, 1.807) is 9.80 Å². The number of carbonyl (C=O) groups is 2. The van der Waals surface area contributed by atoms with Gasteiger partial charge in [0.05, 0.1) is 0 Å². The van der Waals surface area contributed by atoms with E-state index < -0.39 is 3.23 Å². The van der Waals surface area contributed by atoms with Crippen LogP contribution in [-0.2, 0) is 9.59 Å². The van der Waals surface area contributed by atoms with Crippen molar-refractivity contribution < 1.29 is 9.59 Å². The van der Waals surface area contributed by atoms with Gasteiger partial charge in [0.15, 0.2) is 0 Å². The van der Waals surface area contributed by atoms with E-state index in [1.807, 2.05) is 0 Å². The largest absolute Gasteiger partial charge is 0.340 e. The van der Waals surface area contributed by atoms with E-state index in [4.69, 9.17) is 0 Å². The number of nitrogens with zero attached hydrogens (tertiary/aromatic N) is 2. The minimum atomic E-state index is -1.27. The Morgan fingerprint density at radius 3 is 1.32 bits per heavy atom. The second-order valence-corrected chi connectivity index (χ2v) is 8.72. The van der Waals surface area contributed by atoms with Crippen molar-refractivity contribution >= 4 is 43.7 Å². The normalized spacial score (nSPS) is 21.4. The van der Waals surface area contributed by atoms with E-state index in [1.165, 1.54) is 12.8 Å². The summed E-state index contributed by atoms with van der Waals surface area (Å²) in [4.78, 5) is 28.6. The van der Waals surface area contributed by atoms with Crippen molar-refractivity contribution in [3.63, 3.8) is 0 Å². The Balaban J connectivity index is 2.02. The Morgan fingerprint density at radius 1 is 0.684 bits per heavy atom. The van der Waals surface area contributed by atoms with Gasteiger partial charge in [-0.1, -0.05) is 31.9 Å². The van der Waals surface area contributed by atoms with Crippen LogP contribution < -0.4 is 0 Å². The molecule has 0 unspecified atom stereocenters. The number of piperidine rings is 2. The molecule has 0 N–H and O–H groups in total. The first-order valence-electron chi connectivity index (χ1n) is 7.00. The minimum absolute atomic E-state index is 0.150. The van der Waals surface area contributed by atoms with Gasteiger partial charge in [0.2, 0.25) is 3.23 Å². The molecule has 2 aliphatic rings. The third-order valence-corrected chi connectivity index (χ3v) is 5.18. The molecule has 4 nitrogen and oxygen atoms in total. The molecule has 0 aliphatic carbocycles. The van der Waals surface area contributed by atoms with Gasteiger partial charge in [-0.05, 0) is 38.5 Å². The highest BCUT2D eigenvalue weighted by molar-refractivity contribution is 9.26. The average Bonchev–Trinajstić information content (AvgIpc) is 2.47. The van der Waals surface area contributed by atoms with Gasteiger partial charge in [-0.15, -0.1) is 0 Å². The van der Waals surface area contributed by atoms with Gasteiger partial charge in [-0.3, -0.25) is 9.59 Å². The highest BCUT2D eigenvalue weighted by Gasteiger charge is 2.46. The first-order valence-corrected chi connectivity index (χ1v) is 8.58. The quantitative estimate of drug-likeness (QED) is 0.532. The van der Waals surface area contributed by atoms with Gasteiger partial charge >= 0.3 is 0 Å². The summed E-state index contributed by atoms with van der Waals surface area (Å²) >= 11 is 6.64. The molecule has 0 atom stereocenters. The lowest BCUT2D eigenvalue weighted by Gasteiger charge is -2.35. The summed E-state index contributed by atoms with van der Waals surface area (Å²) in [7, 11) is 0. The van der Waals surface area contributed by atoms with Crippen molar-refractivity contribution in [1.29, 1.82) is 0 Å². The fourth-order valence-electron chi connectivity index (χ4n) is 2.68. The summed E-state index contributed by atoms with van der Waals surface area (Å²) in [6.45, 7) is 3.02. The van der Waals surface area contributed by atoms with E-state index in [2.05, 4.69) is 31.9 Å². The second kappa shape index (κ2) is 6.57. The molecule has 19 heavy (non-hydrogen) atoms. The van der Waals surface area contributed by atoms with Gasteiger partial charge in [0.25, 0.3) is 11.8 Å². The molecule has 0 spiro atoms. The molecule has 0 radical (unpaired) electrons. The Hall–Kier alpha value is -0.100. The van der Waals surface area contributed by atoms with Crippen molar-refractivity contribution in [1.82, 2.24) is 9.80 Å². The molecule has 108 valence electrons. The fraction of sp³-hybridized carbons (Fsp3) is 0.846. The second-order valence-electron chi connectivity index (χ2n) is 5.28. The highest BCUT2D eigenvalue weighted by Crippen LogP contribution is 2.33. The van der Waals surface area contributed by atoms with Crippen molar-refractivity contribution in [3.05, 3.63) is 0 Å². The van der Waals surface area contributed by atoms with Crippen LogP contribution in [0.2, 0.25) is 0 Å². The number of amides is 2. The molecule has 2 rings (SSSR count). The number of likely N-dealkylation sites (tertiary alicyclic amines) is 2. The smallest absolute Gasteiger partial charge is 0.260 e. The zero-order valence-corrected chi connectivity index (χ0v) is 14.2. The van der Waals surface area contributed by atoms with Gasteiger partial charge in [0, 0.05) is 26.2 Å². The molecule has 0 aromatic carbocycles. The lowest BCUT2D eigenvalue weighted by atomic mass is 10.1. The topological polar surface area (TPSA) is 40.6 Å². The van der Waals surface area contributed by atoms with Crippen molar-refractivity contribution in [2.75, 3.05) is 26.2 Å². The lowest BCUT2D eigenvalue weighted by molar-refractivity contribution is -0.141. The van der Waals surface area contributed by atoms with Crippen molar-refractivity contribution in [3.8, 4) is 0 Å². The number of hydrogen-bond acceptors (Lipinski definition) is 2. The standard InChI is InChI=1S/C13H20Br2N2O2/c14-13(15,11(18)16-7-3-1-4-8-16)12(19)17-9-5-2-6-10-17/h1-10H2. The van der Waals surface area contributed by atoms with Crippen LogP contribution >= 0.6 is 31.9 Å². The van der Waals surface area contributed by atoms with Gasteiger partial charge in [0.1, 0.15) is 0 Å². The van der Waals surface area contributed by atoms with E-state index in [9.17, 15) is 9.59 Å². The van der Waals surface area contributed by atoms with Crippen LogP contribution in [0.15, 0.2) is 0 Å². The molecular formula is C13H20Br2N2O2. The molecule has 6 heteroatoms. The average molecular weight is 396 g/mol. The fourth-order valence-corrected chi connectivity index (χ4v) is 3.69. The van der Waals surface area contributed by atoms with Gasteiger partial charge < -0.3 is 9.80 Å². The molecule has 0 bridgehead atoms. The van der Waals surface area contributed by atoms with E-state index in [-0.39, 0.29) is 11.8 Å². The summed E-state index contributed by atoms with van der Waals surface area (Å²) in [6, 6.07) is 0. The maximum atomic E-state index is 12.5. The molecule has 0 saturated carbocycles. The predicted molar refractivity (Wildman–Crippen MR) is 81.4 cm³/mol. The number of hydrogen-bond donors (Lipinski definition) is 0. The Kier molecular flexibility index (Phi) is 5.29. The van der Waals surface area contributed by atoms with Crippen LogP contribution in [0.4, 0.5) is 0 Å². The predicted octanol–water partition coefficient (Wildman–Crippen LogP) is 2.50. The van der Waals surface area contributed by atoms with E-state index in [0.717, 1.165) is 51.9 Å². The maximum absolute atomic E-state index is 12.5. The summed E-state index contributed by atoms with van der Waals surface area (Å²) in [6.07, 6.45) is 6.45. The minimum Gasteiger partial charge on any atom is -0.340 e. The molecule has 2 heterocycles. The first kappa shape index (κ1) is 15.3. The number of carbonyl (C=O) groups excluding carboxylic acids is 2. The molecule has 2 amide bonds. The number of rotatable bonds is 2. The van der Waals surface area contributed by atoms with Crippen LogP contribution in [0, 0.1) is 0 Å². The van der Waals surface area contributed by atoms with E-state index >= 15 is 0 Å². The summed E-state index contributed by atoms with van der Waals surface area (Å²) in [5.41, 5.74) is 0. The lowest BCUT2D eigenvalue weighted by Crippen LogP contribution is -2.53. The summed E-state index contributed by atoms with van der Waals surface area (Å²) in [5, 5.41) is 0.